The summed E-state index contributed by atoms with van der Waals surface area (Å²) in [5.41, 5.74) is 3.59. The zero-order chi connectivity index (χ0) is 15.0. The summed E-state index contributed by atoms with van der Waals surface area (Å²) < 4.78 is 0. The molecule has 21 heavy (non-hydrogen) atoms. The molecule has 0 saturated heterocycles. The molecule has 1 aromatic heterocycles. The highest BCUT2D eigenvalue weighted by atomic mass is 35.5. The third-order valence-electron chi connectivity index (χ3n) is 3.81. The van der Waals surface area contributed by atoms with E-state index < -0.39 is 4.92 Å². The molecule has 0 aliphatic heterocycles. The summed E-state index contributed by atoms with van der Waals surface area (Å²) in [5.74, 6) is 0.474. The fraction of sp³-hybridized carbons (Fsp3) is 0.333. The number of non-ortho nitro benzene ring substituents is 1. The fourth-order valence-corrected chi connectivity index (χ4v) is 2.92. The highest BCUT2D eigenvalue weighted by Crippen LogP contribution is 2.30. The van der Waals surface area contributed by atoms with Crippen LogP contribution in [-0.2, 0) is 12.8 Å². The van der Waals surface area contributed by atoms with Gasteiger partial charge in [0.1, 0.15) is 5.15 Å². The van der Waals surface area contributed by atoms with Crippen LogP contribution in [0.25, 0.3) is 11.4 Å². The Hall–Kier alpha value is -2.01. The van der Waals surface area contributed by atoms with Crippen LogP contribution in [0.3, 0.4) is 0 Å². The molecular formula is C15H14ClN3O2. The van der Waals surface area contributed by atoms with Crippen LogP contribution in [-0.4, -0.2) is 14.9 Å². The first kappa shape index (κ1) is 13.9. The normalized spacial score (nSPS) is 13.8. The second kappa shape index (κ2) is 5.41. The van der Waals surface area contributed by atoms with E-state index in [1.807, 2.05) is 6.92 Å². The summed E-state index contributed by atoms with van der Waals surface area (Å²) in [4.78, 5) is 19.5. The van der Waals surface area contributed by atoms with Gasteiger partial charge >= 0.3 is 0 Å². The van der Waals surface area contributed by atoms with Crippen LogP contribution < -0.4 is 0 Å². The summed E-state index contributed by atoms with van der Waals surface area (Å²) in [5, 5.41) is 11.4. The smallest absolute Gasteiger partial charge is 0.258 e. The lowest BCUT2D eigenvalue weighted by Gasteiger charge is -2.17. The molecule has 1 aliphatic rings. The molecule has 2 aromatic rings. The zero-order valence-electron chi connectivity index (χ0n) is 11.6. The molecule has 0 bridgehead atoms. The maximum atomic E-state index is 10.9. The van der Waals surface area contributed by atoms with E-state index >= 15 is 0 Å². The summed E-state index contributed by atoms with van der Waals surface area (Å²) >= 11 is 6.27. The van der Waals surface area contributed by atoms with Crippen LogP contribution in [0.4, 0.5) is 5.69 Å². The van der Waals surface area contributed by atoms with Gasteiger partial charge in [-0.05, 0) is 38.2 Å². The summed E-state index contributed by atoms with van der Waals surface area (Å²) in [6, 6.07) is 4.71. The number of fused-ring (bicyclic) bond motifs is 1. The Kier molecular flexibility index (Phi) is 3.59. The number of aryl methyl sites for hydroxylation is 2. The van der Waals surface area contributed by atoms with Crippen molar-refractivity contribution in [3.8, 4) is 11.4 Å². The van der Waals surface area contributed by atoms with Gasteiger partial charge in [0.2, 0.25) is 0 Å². The molecule has 0 N–H and O–H groups in total. The monoisotopic (exact) mass is 303 g/mol. The summed E-state index contributed by atoms with van der Waals surface area (Å²) in [6.45, 7) is 1.88. The number of benzene rings is 1. The third-order valence-corrected chi connectivity index (χ3v) is 4.12. The second-order valence-corrected chi connectivity index (χ2v) is 5.58. The van der Waals surface area contributed by atoms with Crippen LogP contribution in [0.1, 0.15) is 29.7 Å². The van der Waals surface area contributed by atoms with E-state index in [9.17, 15) is 10.1 Å². The highest BCUT2D eigenvalue weighted by molar-refractivity contribution is 6.30. The van der Waals surface area contributed by atoms with Crippen molar-refractivity contribution >= 4 is 17.3 Å². The minimum atomic E-state index is -0.414. The van der Waals surface area contributed by atoms with Gasteiger partial charge in [0.05, 0.1) is 4.92 Å². The molecule has 0 unspecified atom stereocenters. The van der Waals surface area contributed by atoms with Gasteiger partial charge in [0, 0.05) is 29.0 Å². The first-order valence-electron chi connectivity index (χ1n) is 6.87. The molecule has 3 rings (SSSR count). The van der Waals surface area contributed by atoms with E-state index in [0.29, 0.717) is 16.5 Å². The molecule has 0 amide bonds. The van der Waals surface area contributed by atoms with Gasteiger partial charge in [-0.25, -0.2) is 9.97 Å². The second-order valence-electron chi connectivity index (χ2n) is 5.23. The van der Waals surface area contributed by atoms with Gasteiger partial charge in [-0.3, -0.25) is 10.1 Å². The Morgan fingerprint density at radius 2 is 2.00 bits per heavy atom. The van der Waals surface area contributed by atoms with Crippen molar-refractivity contribution < 1.29 is 4.92 Å². The van der Waals surface area contributed by atoms with Crippen molar-refractivity contribution in [1.82, 2.24) is 9.97 Å². The number of aromatic nitrogens is 2. The molecule has 5 nitrogen and oxygen atoms in total. The van der Waals surface area contributed by atoms with Crippen LogP contribution in [0.15, 0.2) is 18.2 Å². The van der Waals surface area contributed by atoms with Crippen molar-refractivity contribution in [2.45, 2.75) is 32.6 Å². The fourth-order valence-electron chi connectivity index (χ4n) is 2.63. The van der Waals surface area contributed by atoms with Gasteiger partial charge in [0.15, 0.2) is 5.82 Å². The van der Waals surface area contributed by atoms with Crippen molar-refractivity contribution in [2.24, 2.45) is 0 Å². The first-order chi connectivity index (χ1) is 10.1. The average molecular weight is 304 g/mol. The Bertz CT molecular complexity index is 731. The van der Waals surface area contributed by atoms with E-state index in [1.54, 1.807) is 6.07 Å². The summed E-state index contributed by atoms with van der Waals surface area (Å²) in [6.07, 6.45) is 3.99. The quantitative estimate of drug-likeness (QED) is 0.479. The molecule has 108 valence electrons. The molecular weight excluding hydrogens is 290 g/mol. The number of halogens is 1. The number of hydrogen-bond donors (Lipinski definition) is 0. The first-order valence-corrected chi connectivity index (χ1v) is 7.25. The third kappa shape index (κ3) is 2.61. The van der Waals surface area contributed by atoms with E-state index in [2.05, 4.69) is 9.97 Å². The van der Waals surface area contributed by atoms with Gasteiger partial charge in [-0.2, -0.15) is 0 Å². The standard InChI is InChI=1S/C15H14ClN3O2/c1-9-6-7-10(19(20)21)8-12(9)15-17-13-5-3-2-4-11(13)14(16)18-15/h6-8H,2-5H2,1H3. The minimum Gasteiger partial charge on any atom is -0.258 e. The predicted molar refractivity (Wildman–Crippen MR) is 80.5 cm³/mol. The topological polar surface area (TPSA) is 68.9 Å². The number of nitro benzene ring substituents is 1. The van der Waals surface area contributed by atoms with Crippen LogP contribution in [0.5, 0.6) is 0 Å². The minimum absolute atomic E-state index is 0.0352. The SMILES string of the molecule is Cc1ccc([N+](=O)[O-])cc1-c1nc(Cl)c2c(n1)CCCC2. The van der Waals surface area contributed by atoms with E-state index in [0.717, 1.165) is 42.5 Å². The van der Waals surface area contributed by atoms with Gasteiger partial charge in [-0.1, -0.05) is 17.7 Å². The Morgan fingerprint density at radius 1 is 1.24 bits per heavy atom. The number of nitro groups is 1. The maximum Gasteiger partial charge on any atom is 0.270 e. The van der Waals surface area contributed by atoms with Crippen molar-refractivity contribution in [3.63, 3.8) is 0 Å². The molecule has 1 aliphatic carbocycles. The lowest BCUT2D eigenvalue weighted by Crippen LogP contribution is -2.09. The molecule has 0 spiro atoms. The van der Waals surface area contributed by atoms with Crippen molar-refractivity contribution in [3.05, 3.63) is 50.3 Å². The lowest BCUT2D eigenvalue weighted by molar-refractivity contribution is -0.384. The van der Waals surface area contributed by atoms with Crippen LogP contribution in [0, 0.1) is 17.0 Å². The summed E-state index contributed by atoms with van der Waals surface area (Å²) in [7, 11) is 0. The molecule has 0 radical (unpaired) electrons. The van der Waals surface area contributed by atoms with E-state index in [4.69, 9.17) is 11.6 Å². The lowest BCUT2D eigenvalue weighted by atomic mass is 9.97. The van der Waals surface area contributed by atoms with E-state index in [-0.39, 0.29) is 5.69 Å². The van der Waals surface area contributed by atoms with Crippen molar-refractivity contribution in [2.75, 3.05) is 0 Å². The largest absolute Gasteiger partial charge is 0.270 e. The van der Waals surface area contributed by atoms with Crippen molar-refractivity contribution in [1.29, 1.82) is 0 Å². The maximum absolute atomic E-state index is 10.9. The van der Waals surface area contributed by atoms with Gasteiger partial charge in [-0.15, -0.1) is 0 Å². The van der Waals surface area contributed by atoms with Gasteiger partial charge in [0.25, 0.3) is 5.69 Å². The molecule has 0 fully saturated rings. The van der Waals surface area contributed by atoms with Crippen LogP contribution in [0.2, 0.25) is 5.15 Å². The molecule has 0 saturated carbocycles. The predicted octanol–water partition coefficient (Wildman–Crippen LogP) is 3.89. The molecule has 6 heteroatoms. The Morgan fingerprint density at radius 3 is 2.76 bits per heavy atom. The number of hydrogen-bond acceptors (Lipinski definition) is 4. The molecule has 0 atom stereocenters. The highest BCUT2D eigenvalue weighted by Gasteiger charge is 2.19. The zero-order valence-corrected chi connectivity index (χ0v) is 12.4. The average Bonchev–Trinajstić information content (AvgIpc) is 2.47. The number of nitrogens with zero attached hydrogens (tertiary/aromatic N) is 3. The van der Waals surface area contributed by atoms with Crippen LogP contribution >= 0.6 is 11.6 Å². The number of rotatable bonds is 2. The molecule has 1 aromatic carbocycles. The molecule has 1 heterocycles. The van der Waals surface area contributed by atoms with E-state index in [1.165, 1.54) is 12.1 Å². The Balaban J connectivity index is 2.14. The van der Waals surface area contributed by atoms with Gasteiger partial charge < -0.3 is 0 Å². The Labute approximate surface area is 127 Å².